The number of phenolic OH excluding ortho intramolecular Hbond substituents is 1. The SMILES string of the molecule is CCc1cc(Cl)cc(C(C)CN)c1O. The third kappa shape index (κ3) is 2.20. The van der Waals surface area contributed by atoms with Crippen molar-refractivity contribution in [2.45, 2.75) is 26.2 Å². The lowest BCUT2D eigenvalue weighted by molar-refractivity contribution is 0.457. The fraction of sp³-hybridized carbons (Fsp3) is 0.455. The van der Waals surface area contributed by atoms with Gasteiger partial charge >= 0.3 is 0 Å². The molecule has 0 fully saturated rings. The minimum atomic E-state index is 0.138. The largest absolute Gasteiger partial charge is 0.507 e. The highest BCUT2D eigenvalue weighted by molar-refractivity contribution is 6.30. The summed E-state index contributed by atoms with van der Waals surface area (Å²) in [5.74, 6) is 0.480. The topological polar surface area (TPSA) is 46.2 Å². The second kappa shape index (κ2) is 4.67. The summed E-state index contributed by atoms with van der Waals surface area (Å²) in [6.07, 6.45) is 0.774. The van der Waals surface area contributed by atoms with E-state index >= 15 is 0 Å². The van der Waals surface area contributed by atoms with Crippen LogP contribution in [0.25, 0.3) is 0 Å². The minimum absolute atomic E-state index is 0.138. The van der Waals surface area contributed by atoms with E-state index in [2.05, 4.69) is 0 Å². The Balaban J connectivity index is 3.21. The Hall–Kier alpha value is -0.730. The molecule has 1 aromatic rings. The van der Waals surface area contributed by atoms with Gasteiger partial charge < -0.3 is 10.8 Å². The number of halogens is 1. The number of phenols is 1. The molecule has 1 unspecified atom stereocenters. The molecule has 0 saturated heterocycles. The molecule has 0 aromatic heterocycles. The summed E-state index contributed by atoms with van der Waals surface area (Å²) in [4.78, 5) is 0. The Morgan fingerprint density at radius 1 is 1.50 bits per heavy atom. The summed E-state index contributed by atoms with van der Waals surface area (Å²) in [6, 6.07) is 3.58. The van der Waals surface area contributed by atoms with Gasteiger partial charge in [0.2, 0.25) is 0 Å². The first kappa shape index (κ1) is 11.3. The van der Waals surface area contributed by atoms with E-state index in [9.17, 15) is 5.11 Å². The van der Waals surface area contributed by atoms with Gasteiger partial charge in [-0.05, 0) is 42.1 Å². The van der Waals surface area contributed by atoms with Crippen LogP contribution in [0.3, 0.4) is 0 Å². The highest BCUT2D eigenvalue weighted by Crippen LogP contribution is 2.32. The first-order valence-corrected chi connectivity index (χ1v) is 5.19. The van der Waals surface area contributed by atoms with E-state index in [1.54, 1.807) is 12.1 Å². The van der Waals surface area contributed by atoms with Crippen LogP contribution in [0.5, 0.6) is 5.75 Å². The van der Waals surface area contributed by atoms with Crippen LogP contribution in [-0.4, -0.2) is 11.7 Å². The van der Waals surface area contributed by atoms with Crippen LogP contribution in [0.2, 0.25) is 5.02 Å². The average molecular weight is 214 g/mol. The van der Waals surface area contributed by atoms with E-state index in [0.717, 1.165) is 17.5 Å². The number of benzene rings is 1. The lowest BCUT2D eigenvalue weighted by Gasteiger charge is -2.14. The molecule has 0 radical (unpaired) electrons. The minimum Gasteiger partial charge on any atom is -0.507 e. The monoisotopic (exact) mass is 213 g/mol. The molecule has 0 aliphatic rings. The third-order valence-corrected chi connectivity index (χ3v) is 2.67. The molecule has 1 aromatic carbocycles. The van der Waals surface area contributed by atoms with E-state index in [4.69, 9.17) is 17.3 Å². The van der Waals surface area contributed by atoms with Crippen molar-refractivity contribution in [2.24, 2.45) is 5.73 Å². The van der Waals surface area contributed by atoms with Crippen LogP contribution in [0, 0.1) is 0 Å². The molecule has 0 aliphatic carbocycles. The zero-order valence-corrected chi connectivity index (χ0v) is 9.30. The number of hydrogen-bond donors (Lipinski definition) is 2. The van der Waals surface area contributed by atoms with Crippen molar-refractivity contribution in [3.63, 3.8) is 0 Å². The lowest BCUT2D eigenvalue weighted by Crippen LogP contribution is -2.09. The maximum atomic E-state index is 9.90. The van der Waals surface area contributed by atoms with Gasteiger partial charge in [0.05, 0.1) is 0 Å². The molecule has 0 bridgehead atoms. The molecule has 1 atom stereocenters. The number of aromatic hydroxyl groups is 1. The van der Waals surface area contributed by atoms with E-state index in [0.29, 0.717) is 17.3 Å². The molecule has 3 heteroatoms. The van der Waals surface area contributed by atoms with Crippen LogP contribution >= 0.6 is 11.6 Å². The van der Waals surface area contributed by atoms with E-state index in [-0.39, 0.29) is 5.92 Å². The van der Waals surface area contributed by atoms with Crippen molar-refractivity contribution in [3.8, 4) is 5.75 Å². The smallest absolute Gasteiger partial charge is 0.122 e. The van der Waals surface area contributed by atoms with Gasteiger partial charge in [0.15, 0.2) is 0 Å². The van der Waals surface area contributed by atoms with Crippen molar-refractivity contribution >= 4 is 11.6 Å². The summed E-state index contributed by atoms with van der Waals surface area (Å²) in [5, 5.41) is 10.6. The maximum absolute atomic E-state index is 9.90. The molecule has 0 heterocycles. The van der Waals surface area contributed by atoms with Gasteiger partial charge in [-0.25, -0.2) is 0 Å². The Morgan fingerprint density at radius 3 is 2.64 bits per heavy atom. The van der Waals surface area contributed by atoms with Crippen LogP contribution in [0.15, 0.2) is 12.1 Å². The summed E-state index contributed by atoms with van der Waals surface area (Å²) < 4.78 is 0. The molecule has 3 N–H and O–H groups in total. The van der Waals surface area contributed by atoms with Crippen molar-refractivity contribution in [3.05, 3.63) is 28.3 Å². The van der Waals surface area contributed by atoms with Gasteiger partial charge in [-0.3, -0.25) is 0 Å². The molecular weight excluding hydrogens is 198 g/mol. The van der Waals surface area contributed by atoms with Crippen LogP contribution < -0.4 is 5.73 Å². The molecule has 78 valence electrons. The average Bonchev–Trinajstić information content (AvgIpc) is 2.19. The van der Waals surface area contributed by atoms with Crippen LogP contribution in [0.4, 0.5) is 0 Å². The number of rotatable bonds is 3. The van der Waals surface area contributed by atoms with Gasteiger partial charge in [0, 0.05) is 5.02 Å². The molecule has 0 spiro atoms. The fourth-order valence-corrected chi connectivity index (χ4v) is 1.70. The van der Waals surface area contributed by atoms with Gasteiger partial charge in [-0.15, -0.1) is 0 Å². The van der Waals surface area contributed by atoms with Gasteiger partial charge in [0.1, 0.15) is 5.75 Å². The van der Waals surface area contributed by atoms with Gasteiger partial charge in [0.25, 0.3) is 0 Å². The van der Waals surface area contributed by atoms with Crippen LogP contribution in [-0.2, 0) is 6.42 Å². The molecule has 0 saturated carbocycles. The number of aryl methyl sites for hydroxylation is 1. The second-order valence-corrected chi connectivity index (χ2v) is 3.93. The molecule has 0 aliphatic heterocycles. The van der Waals surface area contributed by atoms with Gasteiger partial charge in [-0.1, -0.05) is 25.4 Å². The van der Waals surface area contributed by atoms with E-state index in [1.165, 1.54) is 0 Å². The van der Waals surface area contributed by atoms with Crippen molar-refractivity contribution in [1.82, 2.24) is 0 Å². The first-order valence-electron chi connectivity index (χ1n) is 4.81. The predicted molar refractivity (Wildman–Crippen MR) is 60.0 cm³/mol. The molecule has 0 amide bonds. The highest BCUT2D eigenvalue weighted by Gasteiger charge is 2.12. The fourth-order valence-electron chi connectivity index (χ4n) is 1.45. The summed E-state index contributed by atoms with van der Waals surface area (Å²) in [7, 11) is 0. The van der Waals surface area contributed by atoms with Crippen molar-refractivity contribution < 1.29 is 5.11 Å². The number of hydrogen-bond acceptors (Lipinski definition) is 2. The van der Waals surface area contributed by atoms with Gasteiger partial charge in [-0.2, -0.15) is 0 Å². The van der Waals surface area contributed by atoms with E-state index in [1.807, 2.05) is 13.8 Å². The van der Waals surface area contributed by atoms with Crippen molar-refractivity contribution in [2.75, 3.05) is 6.54 Å². The second-order valence-electron chi connectivity index (χ2n) is 3.49. The molecule has 1 rings (SSSR count). The summed E-state index contributed by atoms with van der Waals surface area (Å²) in [6.45, 7) is 4.48. The Kier molecular flexibility index (Phi) is 3.78. The lowest BCUT2D eigenvalue weighted by atomic mass is 9.97. The third-order valence-electron chi connectivity index (χ3n) is 2.45. The quantitative estimate of drug-likeness (QED) is 0.811. The summed E-state index contributed by atoms with van der Waals surface area (Å²) in [5.41, 5.74) is 7.29. The zero-order valence-electron chi connectivity index (χ0n) is 8.55. The Labute approximate surface area is 89.7 Å². The standard InChI is InChI=1S/C11H16ClNO/c1-3-8-4-9(12)5-10(11(8)14)7(2)6-13/h4-5,7,14H,3,6,13H2,1-2H3. The zero-order chi connectivity index (χ0) is 10.7. The Bertz CT molecular complexity index is 325. The van der Waals surface area contributed by atoms with E-state index < -0.39 is 0 Å². The highest BCUT2D eigenvalue weighted by atomic mass is 35.5. The van der Waals surface area contributed by atoms with Crippen LogP contribution in [0.1, 0.15) is 30.9 Å². The predicted octanol–water partition coefficient (Wildman–Crippen LogP) is 2.67. The molecule has 14 heavy (non-hydrogen) atoms. The summed E-state index contributed by atoms with van der Waals surface area (Å²) >= 11 is 5.95. The maximum Gasteiger partial charge on any atom is 0.122 e. The normalized spacial score (nSPS) is 12.9. The molecular formula is C11H16ClNO. The molecule has 2 nitrogen and oxygen atoms in total. The number of nitrogens with two attached hydrogens (primary N) is 1. The van der Waals surface area contributed by atoms with Crippen molar-refractivity contribution in [1.29, 1.82) is 0 Å². The first-order chi connectivity index (χ1) is 6.60. The Morgan fingerprint density at radius 2 is 2.14 bits per heavy atom.